The van der Waals surface area contributed by atoms with Crippen molar-refractivity contribution in [1.29, 1.82) is 0 Å². The van der Waals surface area contributed by atoms with Crippen molar-refractivity contribution in [1.82, 2.24) is 5.32 Å². The number of amides is 1. The van der Waals surface area contributed by atoms with Gasteiger partial charge in [0.05, 0.1) is 17.9 Å². The van der Waals surface area contributed by atoms with Crippen molar-refractivity contribution >= 4 is 16.0 Å². The van der Waals surface area contributed by atoms with Gasteiger partial charge >= 0.3 is 0 Å². The third kappa shape index (κ3) is 25.2. The molecule has 7 nitrogen and oxygen atoms in total. The van der Waals surface area contributed by atoms with Crippen molar-refractivity contribution in [2.24, 2.45) is 0 Å². The average Bonchev–Trinajstić information content (AvgIpc) is 2.90. The fourth-order valence-corrected chi connectivity index (χ4v) is 4.85. The normalized spacial score (nSPS) is 15.0. The van der Waals surface area contributed by atoms with Gasteiger partial charge in [0.2, 0.25) is 5.91 Å². The summed E-state index contributed by atoms with van der Waals surface area (Å²) >= 11 is 0. The summed E-state index contributed by atoms with van der Waals surface area (Å²) in [7, 11) is -4.45. The van der Waals surface area contributed by atoms with Crippen LogP contribution in [0.25, 0.3) is 0 Å². The molecular formula is C32H57NO6S. The second-order valence-electron chi connectivity index (χ2n) is 10.5. The lowest BCUT2D eigenvalue weighted by Gasteiger charge is -2.22. The predicted octanol–water partition coefficient (Wildman–Crippen LogP) is 6.98. The first-order chi connectivity index (χ1) is 19.2. The van der Waals surface area contributed by atoms with Crippen LogP contribution in [0.1, 0.15) is 123 Å². The Morgan fingerprint density at radius 1 is 0.675 bits per heavy atom. The van der Waals surface area contributed by atoms with E-state index in [4.69, 9.17) is 0 Å². The third-order valence-electron chi connectivity index (χ3n) is 6.56. The molecule has 0 bridgehead atoms. The highest BCUT2D eigenvalue weighted by Gasteiger charge is 2.27. The topological polar surface area (TPSA) is 124 Å². The summed E-state index contributed by atoms with van der Waals surface area (Å²) in [5, 5.41) is 23.1. The molecule has 0 rings (SSSR count). The van der Waals surface area contributed by atoms with Crippen LogP contribution in [0, 0.1) is 0 Å². The molecule has 3 unspecified atom stereocenters. The Labute approximate surface area is 244 Å². The number of aliphatic hydroxyl groups is 2. The summed E-state index contributed by atoms with van der Waals surface area (Å²) in [6, 6.07) is -1.26. The van der Waals surface area contributed by atoms with Gasteiger partial charge in [-0.1, -0.05) is 107 Å². The SMILES string of the molecule is CCCC/C=C\CCCCCC(O)C(=O)NC(CS(=O)(=O)O)C(O)/C=C/CC/C=C/CC/C=C/CCCCCC. The minimum Gasteiger partial charge on any atom is -0.387 e. The highest BCUT2D eigenvalue weighted by Crippen LogP contribution is 2.09. The van der Waals surface area contributed by atoms with Crippen molar-refractivity contribution in [3.63, 3.8) is 0 Å². The number of nitrogens with one attached hydrogen (secondary N) is 1. The molecule has 40 heavy (non-hydrogen) atoms. The molecule has 0 radical (unpaired) electrons. The van der Waals surface area contributed by atoms with Crippen LogP contribution in [0.2, 0.25) is 0 Å². The van der Waals surface area contributed by atoms with Crippen LogP contribution in [0.4, 0.5) is 0 Å². The number of aliphatic hydroxyl groups excluding tert-OH is 2. The maximum Gasteiger partial charge on any atom is 0.267 e. The Morgan fingerprint density at radius 3 is 1.68 bits per heavy atom. The number of allylic oxidation sites excluding steroid dienone is 7. The summed E-state index contributed by atoms with van der Waals surface area (Å²) in [4.78, 5) is 12.4. The first-order valence-electron chi connectivity index (χ1n) is 15.4. The molecule has 0 heterocycles. The molecule has 0 aromatic rings. The third-order valence-corrected chi connectivity index (χ3v) is 7.34. The molecule has 0 saturated carbocycles. The Hall–Kier alpha value is -1.74. The van der Waals surface area contributed by atoms with E-state index in [2.05, 4.69) is 55.6 Å². The van der Waals surface area contributed by atoms with Crippen LogP contribution in [-0.2, 0) is 14.9 Å². The first kappa shape index (κ1) is 38.3. The number of rotatable bonds is 26. The van der Waals surface area contributed by atoms with Crippen molar-refractivity contribution in [3.8, 4) is 0 Å². The second-order valence-corrected chi connectivity index (χ2v) is 12.0. The zero-order chi connectivity index (χ0) is 29.9. The molecule has 4 N–H and O–H groups in total. The van der Waals surface area contributed by atoms with Gasteiger partial charge < -0.3 is 15.5 Å². The van der Waals surface area contributed by atoms with Crippen LogP contribution < -0.4 is 5.32 Å². The molecule has 0 aliphatic heterocycles. The highest BCUT2D eigenvalue weighted by atomic mass is 32.2. The van der Waals surface area contributed by atoms with Crippen LogP contribution in [0.15, 0.2) is 48.6 Å². The summed E-state index contributed by atoms with van der Waals surface area (Å²) in [5.74, 6) is -1.59. The fourth-order valence-electron chi connectivity index (χ4n) is 4.11. The molecule has 0 saturated heterocycles. The number of carbonyl (C=O) groups is 1. The standard InChI is InChI=1S/C32H57NO6S/c1-3-5-7-9-11-13-14-15-16-17-19-20-22-24-26-30(34)29(28-40(37,38)39)33-32(36)31(35)27-25-23-21-18-12-10-8-6-4-2/h10,12-14,17,19,24,26,29-31,34-35H,3-9,11,15-16,18,20-23,25,27-28H2,1-2H3,(H,33,36)(H,37,38,39)/b12-10-,14-13+,19-17+,26-24+. The maximum atomic E-state index is 12.4. The number of hydrogen-bond donors (Lipinski definition) is 4. The molecule has 0 aromatic carbocycles. The molecular weight excluding hydrogens is 526 g/mol. The molecule has 232 valence electrons. The number of unbranched alkanes of at least 4 members (excludes halogenated alkanes) is 11. The summed E-state index contributed by atoms with van der Waals surface area (Å²) in [5.41, 5.74) is 0. The lowest BCUT2D eigenvalue weighted by Crippen LogP contribution is -2.50. The number of hydrogen-bond acceptors (Lipinski definition) is 5. The molecule has 0 spiro atoms. The van der Waals surface area contributed by atoms with Crippen molar-refractivity contribution < 1.29 is 28.0 Å². The van der Waals surface area contributed by atoms with Gasteiger partial charge in [-0.15, -0.1) is 0 Å². The molecule has 0 aromatic heterocycles. The van der Waals surface area contributed by atoms with Gasteiger partial charge in [0, 0.05) is 0 Å². The van der Waals surface area contributed by atoms with E-state index in [-0.39, 0.29) is 6.42 Å². The zero-order valence-electron chi connectivity index (χ0n) is 25.1. The van der Waals surface area contributed by atoms with Gasteiger partial charge in [-0.25, -0.2) is 0 Å². The van der Waals surface area contributed by atoms with E-state index in [0.717, 1.165) is 51.4 Å². The van der Waals surface area contributed by atoms with E-state index >= 15 is 0 Å². The van der Waals surface area contributed by atoms with Gasteiger partial charge in [0.1, 0.15) is 6.10 Å². The van der Waals surface area contributed by atoms with Crippen molar-refractivity contribution in [2.75, 3.05) is 5.75 Å². The Bertz CT molecular complexity index is 834. The van der Waals surface area contributed by atoms with Crippen molar-refractivity contribution in [3.05, 3.63) is 48.6 Å². The molecule has 3 atom stereocenters. The smallest absolute Gasteiger partial charge is 0.267 e. The van der Waals surface area contributed by atoms with Crippen molar-refractivity contribution in [2.45, 2.75) is 141 Å². The zero-order valence-corrected chi connectivity index (χ0v) is 25.9. The Kier molecular flexibility index (Phi) is 25.0. The maximum absolute atomic E-state index is 12.4. The van der Waals surface area contributed by atoms with Gasteiger partial charge in [0.15, 0.2) is 0 Å². The fraction of sp³-hybridized carbons (Fsp3) is 0.719. The molecule has 8 heteroatoms. The average molecular weight is 584 g/mol. The Balaban J connectivity index is 4.38. The van der Waals surface area contributed by atoms with Crippen LogP contribution in [0.3, 0.4) is 0 Å². The minimum atomic E-state index is -4.45. The lowest BCUT2D eigenvalue weighted by atomic mass is 10.1. The summed E-state index contributed by atoms with van der Waals surface area (Å²) in [6.45, 7) is 4.38. The molecule has 0 fully saturated rings. The predicted molar refractivity (Wildman–Crippen MR) is 167 cm³/mol. The summed E-state index contributed by atoms with van der Waals surface area (Å²) < 4.78 is 32.2. The first-order valence-corrected chi connectivity index (χ1v) is 17.1. The van der Waals surface area contributed by atoms with Gasteiger partial charge in [-0.05, 0) is 64.2 Å². The van der Waals surface area contributed by atoms with Gasteiger partial charge in [-0.3, -0.25) is 9.35 Å². The molecule has 0 aliphatic rings. The van der Waals surface area contributed by atoms with Gasteiger partial charge in [-0.2, -0.15) is 8.42 Å². The number of carbonyl (C=O) groups excluding carboxylic acids is 1. The monoisotopic (exact) mass is 583 g/mol. The van der Waals surface area contributed by atoms with E-state index in [1.165, 1.54) is 44.6 Å². The second kappa shape index (κ2) is 26.2. The minimum absolute atomic E-state index is 0.247. The lowest BCUT2D eigenvalue weighted by molar-refractivity contribution is -0.130. The largest absolute Gasteiger partial charge is 0.387 e. The van der Waals surface area contributed by atoms with Gasteiger partial charge in [0.25, 0.3) is 10.1 Å². The van der Waals surface area contributed by atoms with Crippen LogP contribution in [0.5, 0.6) is 0 Å². The van der Waals surface area contributed by atoms with E-state index in [9.17, 15) is 28.0 Å². The molecule has 0 aliphatic carbocycles. The highest BCUT2D eigenvalue weighted by molar-refractivity contribution is 7.85. The quantitative estimate of drug-likeness (QED) is 0.0495. The van der Waals surface area contributed by atoms with E-state index < -0.39 is 40.0 Å². The van der Waals surface area contributed by atoms with E-state index in [0.29, 0.717) is 12.8 Å². The van der Waals surface area contributed by atoms with E-state index in [1.54, 1.807) is 6.08 Å². The molecule has 1 amide bonds. The van der Waals surface area contributed by atoms with Crippen LogP contribution >= 0.6 is 0 Å². The van der Waals surface area contributed by atoms with Crippen LogP contribution in [-0.4, -0.2) is 53.1 Å². The Morgan fingerprint density at radius 2 is 1.15 bits per heavy atom. The van der Waals surface area contributed by atoms with E-state index in [1.807, 2.05) is 0 Å². The summed E-state index contributed by atoms with van der Waals surface area (Å²) in [6.07, 6.45) is 30.4.